The predicted octanol–water partition coefficient (Wildman–Crippen LogP) is 1.40. The van der Waals surface area contributed by atoms with E-state index in [4.69, 9.17) is 0 Å². The molecule has 0 radical (unpaired) electrons. The van der Waals surface area contributed by atoms with Crippen molar-refractivity contribution in [3.05, 3.63) is 15.8 Å². The topological polar surface area (TPSA) is 58.2 Å². The Morgan fingerprint density at radius 2 is 2.18 bits per heavy atom. The molecule has 0 aromatic carbocycles. The summed E-state index contributed by atoms with van der Waals surface area (Å²) in [7, 11) is -3.39. The van der Waals surface area contributed by atoms with Gasteiger partial charge in [0.15, 0.2) is 0 Å². The molecule has 6 heteroatoms. The Bertz CT molecular complexity index is 514. The molecule has 2 N–H and O–H groups in total. The zero-order chi connectivity index (χ0) is 12.7. The second-order valence-electron chi connectivity index (χ2n) is 4.87. The summed E-state index contributed by atoms with van der Waals surface area (Å²) in [5, 5.41) is 3.18. The molecule has 1 fully saturated rings. The quantitative estimate of drug-likeness (QED) is 0.876. The lowest BCUT2D eigenvalue weighted by atomic mass is 10.0. The Labute approximate surface area is 106 Å². The molecule has 96 valence electrons. The van der Waals surface area contributed by atoms with Crippen LogP contribution in [0.2, 0.25) is 0 Å². The fraction of sp³-hybridized carbons (Fsp3) is 0.636. The van der Waals surface area contributed by atoms with E-state index in [2.05, 4.69) is 10.0 Å². The van der Waals surface area contributed by atoms with Gasteiger partial charge in [-0.3, -0.25) is 0 Å². The minimum Gasteiger partial charge on any atom is -0.315 e. The van der Waals surface area contributed by atoms with E-state index in [9.17, 15) is 8.42 Å². The van der Waals surface area contributed by atoms with Crippen molar-refractivity contribution in [1.29, 1.82) is 0 Å². The van der Waals surface area contributed by atoms with Gasteiger partial charge in [-0.2, -0.15) is 0 Å². The average Bonchev–Trinajstić information content (AvgIpc) is 2.72. The molecule has 1 aliphatic rings. The van der Waals surface area contributed by atoms with Gasteiger partial charge in [0.25, 0.3) is 0 Å². The van der Waals surface area contributed by atoms with Crippen LogP contribution in [-0.2, 0) is 10.0 Å². The van der Waals surface area contributed by atoms with Gasteiger partial charge in [-0.15, -0.1) is 11.3 Å². The highest BCUT2D eigenvalue weighted by Crippen LogP contribution is 2.26. The summed E-state index contributed by atoms with van der Waals surface area (Å²) >= 11 is 1.52. The minimum absolute atomic E-state index is 0.360. The Morgan fingerprint density at radius 1 is 1.47 bits per heavy atom. The van der Waals surface area contributed by atoms with Crippen molar-refractivity contribution in [2.45, 2.75) is 37.6 Å². The van der Waals surface area contributed by atoms with Gasteiger partial charge in [0.05, 0.1) is 4.90 Å². The summed E-state index contributed by atoms with van der Waals surface area (Å²) in [5.74, 6) is 0. The maximum Gasteiger partial charge on any atom is 0.242 e. The number of hydrogen-bond acceptors (Lipinski definition) is 4. The van der Waals surface area contributed by atoms with E-state index >= 15 is 0 Å². The van der Waals surface area contributed by atoms with Crippen LogP contribution in [0.1, 0.15) is 23.1 Å². The molecule has 17 heavy (non-hydrogen) atoms. The molecule has 1 aliphatic heterocycles. The molecule has 2 heterocycles. The highest BCUT2D eigenvalue weighted by Gasteiger charge is 2.34. The molecule has 4 nitrogen and oxygen atoms in total. The molecule has 1 saturated heterocycles. The molecule has 1 atom stereocenters. The van der Waals surface area contributed by atoms with Gasteiger partial charge in [0.1, 0.15) is 0 Å². The Hall–Kier alpha value is -0.430. The number of thiophene rings is 1. The minimum atomic E-state index is -3.39. The summed E-state index contributed by atoms with van der Waals surface area (Å²) < 4.78 is 27.4. The number of aryl methyl sites for hydroxylation is 2. The molecule has 1 aromatic heterocycles. The van der Waals surface area contributed by atoms with Crippen LogP contribution in [0.5, 0.6) is 0 Å². The number of rotatable bonds is 3. The summed E-state index contributed by atoms with van der Waals surface area (Å²) in [4.78, 5) is 2.30. The van der Waals surface area contributed by atoms with Crippen LogP contribution in [0.4, 0.5) is 0 Å². The van der Waals surface area contributed by atoms with E-state index in [-0.39, 0.29) is 5.54 Å². The molecule has 2 rings (SSSR count). The largest absolute Gasteiger partial charge is 0.315 e. The van der Waals surface area contributed by atoms with Crippen LogP contribution in [0.3, 0.4) is 0 Å². The van der Waals surface area contributed by atoms with Gasteiger partial charge >= 0.3 is 0 Å². The molecule has 0 aliphatic carbocycles. The summed E-state index contributed by atoms with van der Waals surface area (Å²) in [5.41, 5.74) is -0.360. The lowest BCUT2D eigenvalue weighted by molar-refractivity contribution is 0.452. The predicted molar refractivity (Wildman–Crippen MR) is 70.0 cm³/mol. The van der Waals surface area contributed by atoms with Crippen LogP contribution in [0.25, 0.3) is 0 Å². The fourth-order valence-corrected chi connectivity index (χ4v) is 5.15. The smallest absolute Gasteiger partial charge is 0.242 e. The first-order valence-corrected chi connectivity index (χ1v) is 7.94. The molecule has 0 amide bonds. The standard InChI is InChI=1S/C11H18N2O2S2/c1-8-6-10(9(2)16-8)17(14,15)13-11(3)4-5-12-7-11/h6,12-13H,4-5,7H2,1-3H3. The summed E-state index contributed by atoms with van der Waals surface area (Å²) in [6.07, 6.45) is 0.828. The van der Waals surface area contributed by atoms with E-state index in [1.54, 1.807) is 6.07 Å². The highest BCUT2D eigenvalue weighted by atomic mass is 32.2. The lowest BCUT2D eigenvalue weighted by Gasteiger charge is -2.24. The third kappa shape index (κ3) is 2.70. The molecule has 1 unspecified atom stereocenters. The van der Waals surface area contributed by atoms with Gasteiger partial charge < -0.3 is 5.32 Å². The van der Waals surface area contributed by atoms with Crippen molar-refractivity contribution in [2.75, 3.05) is 13.1 Å². The van der Waals surface area contributed by atoms with Gasteiger partial charge in [-0.25, -0.2) is 13.1 Å². The second-order valence-corrected chi connectivity index (χ2v) is 7.98. The van der Waals surface area contributed by atoms with Crippen molar-refractivity contribution in [2.24, 2.45) is 0 Å². The highest BCUT2D eigenvalue weighted by molar-refractivity contribution is 7.89. The Kier molecular flexibility index (Phi) is 3.33. The number of sulfonamides is 1. The first-order chi connectivity index (χ1) is 7.82. The molecule has 0 spiro atoms. The third-order valence-electron chi connectivity index (χ3n) is 3.03. The van der Waals surface area contributed by atoms with Crippen molar-refractivity contribution < 1.29 is 8.42 Å². The molecule has 1 aromatic rings. The summed E-state index contributed by atoms with van der Waals surface area (Å²) in [6.45, 7) is 7.27. The van der Waals surface area contributed by atoms with Gasteiger partial charge in [0, 0.05) is 21.8 Å². The first-order valence-electron chi connectivity index (χ1n) is 5.64. The van der Waals surface area contributed by atoms with Gasteiger partial charge in [-0.05, 0) is 39.8 Å². The second kappa shape index (κ2) is 4.35. The Balaban J connectivity index is 2.28. The van der Waals surface area contributed by atoms with Crippen molar-refractivity contribution in [3.63, 3.8) is 0 Å². The maximum atomic E-state index is 12.3. The monoisotopic (exact) mass is 274 g/mol. The average molecular weight is 274 g/mol. The first kappa shape index (κ1) is 13.0. The van der Waals surface area contributed by atoms with Gasteiger partial charge in [0.2, 0.25) is 10.0 Å². The van der Waals surface area contributed by atoms with Crippen LogP contribution in [0, 0.1) is 13.8 Å². The Morgan fingerprint density at radius 3 is 2.65 bits per heavy atom. The van der Waals surface area contributed by atoms with Crippen LogP contribution < -0.4 is 10.0 Å². The van der Waals surface area contributed by atoms with Crippen molar-refractivity contribution >= 4 is 21.4 Å². The third-order valence-corrected chi connectivity index (χ3v) is 5.89. The normalized spacial score (nSPS) is 25.4. The molecule has 0 saturated carbocycles. The van der Waals surface area contributed by atoms with Crippen molar-refractivity contribution in [1.82, 2.24) is 10.0 Å². The van der Waals surface area contributed by atoms with E-state index in [0.29, 0.717) is 11.4 Å². The van der Waals surface area contributed by atoms with E-state index in [1.165, 1.54) is 11.3 Å². The van der Waals surface area contributed by atoms with E-state index in [1.807, 2.05) is 20.8 Å². The van der Waals surface area contributed by atoms with Crippen LogP contribution in [0.15, 0.2) is 11.0 Å². The number of hydrogen-bond donors (Lipinski definition) is 2. The lowest BCUT2D eigenvalue weighted by Crippen LogP contribution is -2.47. The number of nitrogens with one attached hydrogen (secondary N) is 2. The van der Waals surface area contributed by atoms with E-state index < -0.39 is 10.0 Å². The van der Waals surface area contributed by atoms with Crippen LogP contribution >= 0.6 is 11.3 Å². The van der Waals surface area contributed by atoms with Crippen molar-refractivity contribution in [3.8, 4) is 0 Å². The maximum absolute atomic E-state index is 12.3. The molecular formula is C11H18N2O2S2. The molecule has 0 bridgehead atoms. The van der Waals surface area contributed by atoms with Crippen LogP contribution in [-0.4, -0.2) is 27.0 Å². The zero-order valence-electron chi connectivity index (χ0n) is 10.3. The summed E-state index contributed by atoms with van der Waals surface area (Å²) in [6, 6.07) is 1.74. The zero-order valence-corrected chi connectivity index (χ0v) is 12.0. The van der Waals surface area contributed by atoms with E-state index in [0.717, 1.165) is 22.7 Å². The fourth-order valence-electron chi connectivity index (χ4n) is 2.16. The SMILES string of the molecule is Cc1cc(S(=O)(=O)NC2(C)CCNC2)c(C)s1. The molecular weight excluding hydrogens is 256 g/mol. The van der Waals surface area contributed by atoms with Gasteiger partial charge in [-0.1, -0.05) is 0 Å².